The van der Waals surface area contributed by atoms with E-state index in [9.17, 15) is 23.5 Å². The number of hydrogen-bond acceptors (Lipinski definition) is 9. The summed E-state index contributed by atoms with van der Waals surface area (Å²) < 4.78 is 39.7. The highest BCUT2D eigenvalue weighted by Crippen LogP contribution is 2.38. The highest BCUT2D eigenvalue weighted by molar-refractivity contribution is 7.11. The molecule has 0 unspecified atom stereocenters. The van der Waals surface area contributed by atoms with Crippen LogP contribution in [0.1, 0.15) is 49.7 Å². The lowest BCUT2D eigenvalue weighted by Crippen LogP contribution is -2.49. The highest BCUT2D eigenvalue weighted by Gasteiger charge is 2.37. The molecule has 13 heteroatoms. The Labute approximate surface area is 239 Å². The topological polar surface area (TPSA) is 113 Å². The first-order valence-electron chi connectivity index (χ1n) is 13.0. The summed E-state index contributed by atoms with van der Waals surface area (Å²) in [6.07, 6.45) is 2.95. The van der Waals surface area contributed by atoms with Gasteiger partial charge in [0, 0.05) is 48.5 Å². The van der Waals surface area contributed by atoms with Gasteiger partial charge in [-0.3, -0.25) is 14.7 Å². The van der Waals surface area contributed by atoms with Crippen molar-refractivity contribution in [2.24, 2.45) is 10.9 Å². The maximum atomic E-state index is 14.6. The van der Waals surface area contributed by atoms with Crippen LogP contribution in [0.2, 0.25) is 5.02 Å². The lowest BCUT2D eigenvalue weighted by atomic mass is 9.88. The fourth-order valence-electron chi connectivity index (χ4n) is 5.05. The third kappa shape index (κ3) is 6.85. The van der Waals surface area contributed by atoms with Crippen LogP contribution in [-0.2, 0) is 19.1 Å². The molecule has 1 fully saturated rings. The number of carbonyl (C=O) groups is 2. The number of halogens is 3. The van der Waals surface area contributed by atoms with Gasteiger partial charge in [0.1, 0.15) is 6.04 Å². The number of amidine groups is 1. The molecule has 0 aliphatic carbocycles. The minimum Gasteiger partial charge on any atom is -0.481 e. The van der Waals surface area contributed by atoms with Crippen LogP contribution < -0.4 is 5.32 Å². The SMILES string of the molecule is CCOC[C@H]1C[C@H](CC(=O)O)CCN1CC1=C(C(=O)OCC)[C@H](c2ccc(F)c(F)c2Cl)N=C(c2nccs2)N1. The molecule has 3 atom stereocenters. The van der Waals surface area contributed by atoms with Gasteiger partial charge in [0.05, 0.1) is 23.8 Å². The third-order valence-corrected chi connectivity index (χ3v) is 8.07. The zero-order valence-electron chi connectivity index (χ0n) is 22.2. The van der Waals surface area contributed by atoms with Crippen molar-refractivity contribution in [2.75, 3.05) is 32.9 Å². The van der Waals surface area contributed by atoms with E-state index in [0.717, 1.165) is 6.07 Å². The normalized spacial score (nSPS) is 21.6. The molecule has 0 saturated carbocycles. The van der Waals surface area contributed by atoms with Crippen molar-refractivity contribution in [1.82, 2.24) is 15.2 Å². The first-order valence-corrected chi connectivity index (χ1v) is 14.3. The van der Waals surface area contributed by atoms with E-state index in [1.165, 1.54) is 17.4 Å². The summed E-state index contributed by atoms with van der Waals surface area (Å²) in [6.45, 7) is 5.35. The Morgan fingerprint density at radius 2 is 2.08 bits per heavy atom. The second kappa shape index (κ2) is 13.6. The van der Waals surface area contributed by atoms with E-state index in [0.29, 0.717) is 49.1 Å². The number of aromatic nitrogens is 1. The quantitative estimate of drug-likeness (QED) is 0.286. The van der Waals surface area contributed by atoms with Crippen LogP contribution in [0.4, 0.5) is 8.78 Å². The Bertz CT molecular complexity index is 1290. The van der Waals surface area contributed by atoms with Crippen molar-refractivity contribution in [3.8, 4) is 0 Å². The van der Waals surface area contributed by atoms with Crippen molar-refractivity contribution in [2.45, 2.75) is 45.2 Å². The average molecular weight is 597 g/mol. The lowest BCUT2D eigenvalue weighted by molar-refractivity contribution is -0.140. The predicted molar refractivity (Wildman–Crippen MR) is 146 cm³/mol. The number of ether oxygens (including phenoxy) is 2. The maximum absolute atomic E-state index is 14.6. The lowest BCUT2D eigenvalue weighted by Gasteiger charge is -2.40. The van der Waals surface area contributed by atoms with Gasteiger partial charge >= 0.3 is 11.9 Å². The molecule has 1 aromatic heterocycles. The Hall–Kier alpha value is -2.93. The molecule has 216 valence electrons. The molecule has 2 aliphatic rings. The van der Waals surface area contributed by atoms with Crippen LogP contribution in [0, 0.1) is 17.6 Å². The van der Waals surface area contributed by atoms with Gasteiger partial charge in [-0.2, -0.15) is 0 Å². The summed E-state index contributed by atoms with van der Waals surface area (Å²) >= 11 is 7.58. The van der Waals surface area contributed by atoms with Gasteiger partial charge in [0.2, 0.25) is 0 Å². The van der Waals surface area contributed by atoms with Crippen LogP contribution in [0.5, 0.6) is 0 Å². The molecule has 1 aromatic carbocycles. The first kappa shape index (κ1) is 30.0. The van der Waals surface area contributed by atoms with E-state index in [1.807, 2.05) is 6.92 Å². The van der Waals surface area contributed by atoms with E-state index in [2.05, 4.69) is 20.2 Å². The number of benzene rings is 1. The Morgan fingerprint density at radius 3 is 2.75 bits per heavy atom. The van der Waals surface area contributed by atoms with E-state index >= 15 is 0 Å². The largest absolute Gasteiger partial charge is 0.481 e. The molecule has 3 heterocycles. The molecule has 0 bridgehead atoms. The molecule has 4 rings (SSSR count). The predicted octanol–water partition coefficient (Wildman–Crippen LogP) is 4.57. The second-order valence-electron chi connectivity index (χ2n) is 9.49. The smallest absolute Gasteiger partial charge is 0.338 e. The summed E-state index contributed by atoms with van der Waals surface area (Å²) in [4.78, 5) is 35.9. The second-order valence-corrected chi connectivity index (χ2v) is 10.8. The standard InChI is InChI=1S/C27H31ClF2N4O5S/c1-3-38-14-16-11-15(12-20(35)36)7-9-34(16)13-19-21(27(37)39-4-2)24(17-5-6-18(29)23(30)22(17)28)33-25(32-19)26-31-8-10-40-26/h5-6,8,10,15-16,24H,3-4,7,9,11-14H2,1-2H3,(H,32,33)(H,35,36)/t15-,16-,24+/m1/s1. The average Bonchev–Trinajstić information content (AvgIpc) is 3.46. The Morgan fingerprint density at radius 1 is 1.27 bits per heavy atom. The van der Waals surface area contributed by atoms with Gasteiger partial charge < -0.3 is 19.9 Å². The van der Waals surface area contributed by atoms with Crippen LogP contribution in [0.3, 0.4) is 0 Å². The molecule has 40 heavy (non-hydrogen) atoms. The number of thiazole rings is 1. The van der Waals surface area contributed by atoms with Crippen LogP contribution in [0.15, 0.2) is 40.0 Å². The fourth-order valence-corrected chi connectivity index (χ4v) is 5.89. The maximum Gasteiger partial charge on any atom is 0.338 e. The van der Waals surface area contributed by atoms with Crippen molar-refractivity contribution >= 4 is 40.7 Å². The first-order chi connectivity index (χ1) is 19.2. The Kier molecular flexibility index (Phi) is 10.2. The van der Waals surface area contributed by atoms with E-state index in [4.69, 9.17) is 21.1 Å². The summed E-state index contributed by atoms with van der Waals surface area (Å²) in [5.74, 6) is -3.50. The van der Waals surface area contributed by atoms with Gasteiger partial charge in [-0.05, 0) is 45.2 Å². The number of esters is 1. The highest BCUT2D eigenvalue weighted by atomic mass is 35.5. The van der Waals surface area contributed by atoms with Gasteiger partial charge in [-0.25, -0.2) is 18.6 Å². The summed E-state index contributed by atoms with van der Waals surface area (Å²) in [7, 11) is 0. The molecule has 9 nitrogen and oxygen atoms in total. The van der Waals surface area contributed by atoms with Gasteiger partial charge in [0.25, 0.3) is 0 Å². The van der Waals surface area contributed by atoms with Crippen LogP contribution in [-0.4, -0.2) is 71.7 Å². The molecular weight excluding hydrogens is 566 g/mol. The Balaban J connectivity index is 1.78. The number of carboxylic acid groups (broad SMARTS) is 1. The van der Waals surface area contributed by atoms with Crippen LogP contribution >= 0.6 is 22.9 Å². The molecular formula is C27H31ClF2N4O5S. The van der Waals surface area contributed by atoms with Gasteiger partial charge in [-0.1, -0.05) is 17.7 Å². The van der Waals surface area contributed by atoms with E-state index < -0.39 is 34.6 Å². The molecule has 0 radical (unpaired) electrons. The van der Waals surface area contributed by atoms with Crippen molar-refractivity contribution in [1.29, 1.82) is 0 Å². The van der Waals surface area contributed by atoms with Gasteiger partial charge in [-0.15, -0.1) is 11.3 Å². The molecule has 0 spiro atoms. The molecule has 2 aromatic rings. The minimum atomic E-state index is -1.23. The minimum absolute atomic E-state index is 0.00165. The molecule has 2 aliphatic heterocycles. The molecule has 2 N–H and O–H groups in total. The number of aliphatic imine (C=N–C) groups is 1. The molecule has 0 amide bonds. The molecule has 1 saturated heterocycles. The fraction of sp³-hybridized carbons (Fsp3) is 0.481. The number of rotatable bonds is 11. The monoisotopic (exact) mass is 596 g/mol. The van der Waals surface area contributed by atoms with Crippen LogP contribution in [0.25, 0.3) is 0 Å². The number of piperidine rings is 1. The number of carbonyl (C=O) groups excluding carboxylic acids is 1. The number of likely N-dealkylation sites (tertiary alicyclic amines) is 1. The van der Waals surface area contributed by atoms with Gasteiger partial charge in [0.15, 0.2) is 22.5 Å². The van der Waals surface area contributed by atoms with Crippen molar-refractivity contribution < 1.29 is 33.0 Å². The third-order valence-electron chi connectivity index (χ3n) is 6.90. The van der Waals surface area contributed by atoms with E-state index in [1.54, 1.807) is 18.5 Å². The number of hydrogen-bond donors (Lipinski definition) is 2. The number of nitrogens with zero attached hydrogens (tertiary/aromatic N) is 3. The van der Waals surface area contributed by atoms with Crippen molar-refractivity contribution in [3.05, 3.63) is 62.2 Å². The zero-order chi connectivity index (χ0) is 28.8. The number of nitrogens with one attached hydrogen (secondary N) is 1. The number of aliphatic carboxylic acids is 1. The number of carboxylic acids is 1. The summed E-state index contributed by atoms with van der Waals surface area (Å²) in [5.41, 5.74) is 0.697. The zero-order valence-corrected chi connectivity index (χ0v) is 23.7. The van der Waals surface area contributed by atoms with Crippen molar-refractivity contribution in [3.63, 3.8) is 0 Å². The summed E-state index contributed by atoms with van der Waals surface area (Å²) in [5, 5.41) is 14.4. The summed E-state index contributed by atoms with van der Waals surface area (Å²) in [6, 6.07) is 1.06. The van der Waals surface area contributed by atoms with E-state index in [-0.39, 0.29) is 42.7 Å².